The molecule has 0 radical (unpaired) electrons. The Morgan fingerprint density at radius 3 is 2.35 bits per heavy atom. The highest BCUT2D eigenvalue weighted by Gasteiger charge is 2.14. The maximum absolute atomic E-state index is 11.3. The predicted molar refractivity (Wildman–Crippen MR) is 61.9 cm³/mol. The van der Waals surface area contributed by atoms with Crippen molar-refractivity contribution in [1.29, 1.82) is 0 Å². The number of rotatable bonds is 5. The quantitative estimate of drug-likeness (QED) is 0.604. The third kappa shape index (κ3) is 3.57. The molecule has 0 saturated carbocycles. The van der Waals surface area contributed by atoms with Crippen LogP contribution in [0.5, 0.6) is 5.75 Å². The average molecular weight is 237 g/mol. The number of ketones is 1. The van der Waals surface area contributed by atoms with Gasteiger partial charge in [0.15, 0.2) is 11.9 Å². The predicted octanol–water partition coefficient (Wildman–Crippen LogP) is 0.768. The maximum Gasteiger partial charge on any atom is 0.346 e. The van der Waals surface area contributed by atoms with Crippen LogP contribution in [0.1, 0.15) is 17.3 Å². The van der Waals surface area contributed by atoms with Crippen molar-refractivity contribution in [2.75, 3.05) is 13.7 Å². The van der Waals surface area contributed by atoms with Gasteiger partial charge in [-0.05, 0) is 31.2 Å². The van der Waals surface area contributed by atoms with Crippen molar-refractivity contribution in [1.82, 2.24) is 0 Å². The molecule has 1 unspecified atom stereocenters. The molecule has 0 bridgehead atoms. The first-order valence-electron chi connectivity index (χ1n) is 5.16. The first-order valence-corrected chi connectivity index (χ1v) is 5.16. The summed E-state index contributed by atoms with van der Waals surface area (Å²) >= 11 is 0. The Kier molecular flexibility index (Phi) is 4.66. The number of ether oxygens (including phenoxy) is 2. The Morgan fingerprint density at radius 1 is 1.29 bits per heavy atom. The fourth-order valence-electron chi connectivity index (χ4n) is 1.26. The normalized spacial score (nSPS) is 11.7. The number of esters is 1. The van der Waals surface area contributed by atoms with Crippen molar-refractivity contribution < 1.29 is 19.1 Å². The van der Waals surface area contributed by atoms with Gasteiger partial charge in [0.05, 0.1) is 13.7 Å². The minimum absolute atomic E-state index is 0.0290. The molecule has 0 fully saturated rings. The van der Waals surface area contributed by atoms with E-state index >= 15 is 0 Å². The Hall–Kier alpha value is -1.88. The van der Waals surface area contributed by atoms with E-state index in [1.165, 1.54) is 7.11 Å². The number of nitrogens with two attached hydrogens (primary N) is 1. The number of hydrogen-bond acceptors (Lipinski definition) is 5. The summed E-state index contributed by atoms with van der Waals surface area (Å²) in [7, 11) is 1.30. The lowest BCUT2D eigenvalue weighted by atomic mass is 10.1. The van der Waals surface area contributed by atoms with E-state index in [2.05, 4.69) is 4.74 Å². The van der Waals surface area contributed by atoms with Gasteiger partial charge in [0.2, 0.25) is 0 Å². The SMILES string of the molecule is COC(=O)C(C)Oc1ccc(C(=O)CN)cc1. The molecule has 0 aliphatic rings. The van der Waals surface area contributed by atoms with E-state index in [4.69, 9.17) is 10.5 Å². The first-order chi connectivity index (χ1) is 8.08. The van der Waals surface area contributed by atoms with Gasteiger partial charge in [0.1, 0.15) is 5.75 Å². The van der Waals surface area contributed by atoms with Crippen molar-refractivity contribution in [2.45, 2.75) is 13.0 Å². The molecule has 0 aliphatic carbocycles. The highest BCUT2D eigenvalue weighted by Crippen LogP contribution is 2.14. The van der Waals surface area contributed by atoms with Gasteiger partial charge in [0.25, 0.3) is 0 Å². The number of carbonyl (C=O) groups is 2. The molecule has 5 nitrogen and oxygen atoms in total. The molecule has 0 spiro atoms. The molecule has 1 rings (SSSR count). The maximum atomic E-state index is 11.3. The van der Waals surface area contributed by atoms with Crippen molar-refractivity contribution in [3.05, 3.63) is 29.8 Å². The molecule has 1 atom stereocenters. The number of hydrogen-bond donors (Lipinski definition) is 1. The van der Waals surface area contributed by atoms with E-state index < -0.39 is 12.1 Å². The second-order valence-corrected chi connectivity index (χ2v) is 3.43. The molecule has 1 aromatic carbocycles. The molecule has 0 amide bonds. The summed E-state index contributed by atoms with van der Waals surface area (Å²) in [5.41, 5.74) is 5.76. The standard InChI is InChI=1S/C12H15NO4/c1-8(12(15)16-2)17-10-5-3-9(4-6-10)11(14)7-13/h3-6,8H,7,13H2,1-2H3. The highest BCUT2D eigenvalue weighted by molar-refractivity contribution is 5.97. The van der Waals surface area contributed by atoms with Gasteiger partial charge in [-0.2, -0.15) is 0 Å². The first kappa shape index (κ1) is 13.2. The van der Waals surface area contributed by atoms with Crippen LogP contribution in [0.25, 0.3) is 0 Å². The second kappa shape index (κ2) is 6.00. The van der Waals surface area contributed by atoms with E-state index in [9.17, 15) is 9.59 Å². The minimum Gasteiger partial charge on any atom is -0.479 e. The molecule has 0 heterocycles. The molecule has 0 saturated heterocycles. The van der Waals surface area contributed by atoms with Gasteiger partial charge in [0, 0.05) is 5.56 Å². The topological polar surface area (TPSA) is 78.6 Å². The molecule has 17 heavy (non-hydrogen) atoms. The smallest absolute Gasteiger partial charge is 0.346 e. The number of carbonyl (C=O) groups excluding carboxylic acids is 2. The van der Waals surface area contributed by atoms with Crippen molar-refractivity contribution >= 4 is 11.8 Å². The minimum atomic E-state index is -0.684. The Morgan fingerprint density at radius 2 is 1.88 bits per heavy atom. The molecule has 0 aliphatic heterocycles. The molecule has 0 aromatic heterocycles. The molecule has 92 valence electrons. The lowest BCUT2D eigenvalue weighted by Crippen LogP contribution is -2.24. The Bertz CT molecular complexity index is 399. The van der Waals surface area contributed by atoms with Crippen molar-refractivity contribution in [2.24, 2.45) is 5.73 Å². The van der Waals surface area contributed by atoms with Crippen LogP contribution < -0.4 is 10.5 Å². The van der Waals surface area contributed by atoms with E-state index in [-0.39, 0.29) is 12.3 Å². The van der Waals surface area contributed by atoms with Gasteiger partial charge in [-0.25, -0.2) is 4.79 Å². The molecule has 5 heteroatoms. The van der Waals surface area contributed by atoms with Crippen LogP contribution in [0.4, 0.5) is 0 Å². The molecule has 2 N–H and O–H groups in total. The van der Waals surface area contributed by atoms with Crippen LogP contribution in [0.3, 0.4) is 0 Å². The molecule has 1 aromatic rings. The van der Waals surface area contributed by atoms with Crippen LogP contribution in [-0.2, 0) is 9.53 Å². The van der Waals surface area contributed by atoms with Gasteiger partial charge >= 0.3 is 5.97 Å². The van der Waals surface area contributed by atoms with Crippen LogP contribution in [0, 0.1) is 0 Å². The summed E-state index contributed by atoms with van der Waals surface area (Å²) in [5.74, 6) is -0.0962. The lowest BCUT2D eigenvalue weighted by molar-refractivity contribution is -0.147. The third-order valence-corrected chi connectivity index (χ3v) is 2.21. The number of benzene rings is 1. The fraction of sp³-hybridized carbons (Fsp3) is 0.333. The van der Waals surface area contributed by atoms with Crippen LogP contribution in [0.2, 0.25) is 0 Å². The number of Topliss-reactive ketones (excluding diaryl/α,β-unsaturated/α-hetero) is 1. The van der Waals surface area contributed by atoms with E-state index in [0.717, 1.165) is 0 Å². The largest absolute Gasteiger partial charge is 0.479 e. The van der Waals surface area contributed by atoms with Gasteiger partial charge in [-0.3, -0.25) is 4.79 Å². The second-order valence-electron chi connectivity index (χ2n) is 3.43. The number of methoxy groups -OCH3 is 1. The van der Waals surface area contributed by atoms with Gasteiger partial charge in [-0.1, -0.05) is 0 Å². The molecular formula is C12H15NO4. The summed E-state index contributed by atoms with van der Waals surface area (Å²) in [6.07, 6.45) is -0.684. The summed E-state index contributed by atoms with van der Waals surface area (Å²) in [5, 5.41) is 0. The zero-order valence-electron chi connectivity index (χ0n) is 9.80. The van der Waals surface area contributed by atoms with E-state index in [1.54, 1.807) is 31.2 Å². The fourth-order valence-corrected chi connectivity index (χ4v) is 1.26. The van der Waals surface area contributed by atoms with E-state index in [0.29, 0.717) is 11.3 Å². The molecular weight excluding hydrogens is 222 g/mol. The van der Waals surface area contributed by atoms with Gasteiger partial charge < -0.3 is 15.2 Å². The Labute approximate surface area is 99.5 Å². The van der Waals surface area contributed by atoms with E-state index in [1.807, 2.05) is 0 Å². The van der Waals surface area contributed by atoms with Crippen molar-refractivity contribution in [3.8, 4) is 5.75 Å². The lowest BCUT2D eigenvalue weighted by Gasteiger charge is -2.12. The Balaban J connectivity index is 2.68. The summed E-state index contributed by atoms with van der Waals surface area (Å²) < 4.78 is 9.85. The van der Waals surface area contributed by atoms with Crippen molar-refractivity contribution in [3.63, 3.8) is 0 Å². The van der Waals surface area contributed by atoms with Gasteiger partial charge in [-0.15, -0.1) is 0 Å². The monoisotopic (exact) mass is 237 g/mol. The van der Waals surface area contributed by atoms with Crippen LogP contribution in [-0.4, -0.2) is 31.5 Å². The van der Waals surface area contributed by atoms with Crippen LogP contribution in [0.15, 0.2) is 24.3 Å². The summed E-state index contributed by atoms with van der Waals surface area (Å²) in [6.45, 7) is 1.56. The third-order valence-electron chi connectivity index (χ3n) is 2.21. The average Bonchev–Trinajstić information content (AvgIpc) is 2.37. The zero-order chi connectivity index (χ0) is 12.8. The zero-order valence-corrected chi connectivity index (χ0v) is 9.80. The van der Waals surface area contributed by atoms with Crippen LogP contribution >= 0.6 is 0 Å². The summed E-state index contributed by atoms with van der Waals surface area (Å²) in [4.78, 5) is 22.4. The summed E-state index contributed by atoms with van der Waals surface area (Å²) in [6, 6.07) is 6.44. The highest BCUT2D eigenvalue weighted by atomic mass is 16.6.